The molecule has 0 unspecified atom stereocenters. The van der Waals surface area contributed by atoms with Crippen molar-refractivity contribution in [2.24, 2.45) is 0 Å². The second-order valence-corrected chi connectivity index (χ2v) is 4.77. The van der Waals surface area contributed by atoms with Crippen molar-refractivity contribution in [3.05, 3.63) is 59.1 Å². The summed E-state index contributed by atoms with van der Waals surface area (Å²) in [6.45, 7) is 0. The predicted molar refractivity (Wildman–Crippen MR) is 84.2 cm³/mol. The van der Waals surface area contributed by atoms with Gasteiger partial charge in [-0.15, -0.1) is 0 Å². The molecule has 0 aliphatic heterocycles. The number of hydrogen-bond donors (Lipinski definition) is 3. The number of rotatable bonds is 2. The number of amides is 2. The molecule has 0 saturated carbocycles. The van der Waals surface area contributed by atoms with Crippen molar-refractivity contribution >= 4 is 40.7 Å². The maximum absolute atomic E-state index is 11.8. The fourth-order valence-corrected chi connectivity index (χ4v) is 1.65. The zero-order chi connectivity index (χ0) is 15.9. The zero-order valence-electron chi connectivity index (χ0n) is 11.0. The zero-order valence-corrected chi connectivity index (χ0v) is 12.6. The van der Waals surface area contributed by atoms with E-state index in [-0.39, 0.29) is 10.3 Å². The van der Waals surface area contributed by atoms with Crippen molar-refractivity contribution < 1.29 is 9.59 Å². The van der Waals surface area contributed by atoms with E-state index in [9.17, 15) is 9.59 Å². The van der Waals surface area contributed by atoms with Gasteiger partial charge in [-0.05, 0) is 36.5 Å². The van der Waals surface area contributed by atoms with Gasteiger partial charge < -0.3 is 0 Å². The molecule has 0 atom stereocenters. The van der Waals surface area contributed by atoms with Crippen molar-refractivity contribution in [1.29, 1.82) is 0 Å². The van der Waals surface area contributed by atoms with E-state index >= 15 is 0 Å². The summed E-state index contributed by atoms with van der Waals surface area (Å²) in [6.07, 6.45) is 4.26. The fourth-order valence-electron chi connectivity index (χ4n) is 1.40. The van der Waals surface area contributed by atoms with Crippen molar-refractivity contribution in [2.75, 3.05) is 0 Å². The molecule has 0 spiro atoms. The summed E-state index contributed by atoms with van der Waals surface area (Å²) in [7, 11) is 0. The molecule has 7 nitrogen and oxygen atoms in total. The van der Waals surface area contributed by atoms with Crippen LogP contribution < -0.4 is 16.2 Å². The van der Waals surface area contributed by atoms with Gasteiger partial charge in [0.1, 0.15) is 5.15 Å². The third-order valence-corrected chi connectivity index (χ3v) is 2.86. The molecule has 0 aliphatic carbocycles. The summed E-state index contributed by atoms with van der Waals surface area (Å²) in [5.41, 5.74) is 5.38. The maximum atomic E-state index is 11.8. The van der Waals surface area contributed by atoms with Crippen molar-refractivity contribution in [3.8, 4) is 0 Å². The van der Waals surface area contributed by atoms with Gasteiger partial charge in [-0.1, -0.05) is 11.6 Å². The van der Waals surface area contributed by atoms with Gasteiger partial charge in [0.15, 0.2) is 5.11 Å². The van der Waals surface area contributed by atoms with E-state index in [0.717, 1.165) is 0 Å². The van der Waals surface area contributed by atoms with Gasteiger partial charge in [0, 0.05) is 18.6 Å². The first-order chi connectivity index (χ1) is 10.6. The number of carbonyl (C=O) groups is 2. The van der Waals surface area contributed by atoms with Crippen LogP contribution in [0.15, 0.2) is 42.9 Å². The van der Waals surface area contributed by atoms with Crippen molar-refractivity contribution in [3.63, 3.8) is 0 Å². The molecule has 0 radical (unpaired) electrons. The number of thiocarbonyl (C=S) groups is 1. The number of nitrogens with zero attached hydrogens (tertiary/aromatic N) is 2. The van der Waals surface area contributed by atoms with Crippen molar-refractivity contribution in [1.82, 2.24) is 26.1 Å². The fraction of sp³-hybridized carbons (Fsp3) is 0. The first kappa shape index (κ1) is 15.8. The average molecular weight is 336 g/mol. The topological polar surface area (TPSA) is 96.0 Å². The van der Waals surface area contributed by atoms with Crippen LogP contribution in [0.25, 0.3) is 0 Å². The van der Waals surface area contributed by atoms with E-state index in [1.807, 2.05) is 0 Å². The Labute approximate surface area is 136 Å². The van der Waals surface area contributed by atoms with Crippen molar-refractivity contribution in [2.45, 2.75) is 0 Å². The van der Waals surface area contributed by atoms with Crippen LogP contribution in [0.3, 0.4) is 0 Å². The summed E-state index contributed by atoms with van der Waals surface area (Å²) >= 11 is 10.5. The summed E-state index contributed by atoms with van der Waals surface area (Å²) in [6, 6.07) is 6.20. The number of hydrogen-bond acceptors (Lipinski definition) is 5. The second-order valence-electron chi connectivity index (χ2n) is 3.97. The third kappa shape index (κ3) is 4.47. The molecule has 3 N–H and O–H groups in total. The Balaban J connectivity index is 1.84. The molecular weight excluding hydrogens is 326 g/mol. The Bertz CT molecular complexity index is 693. The van der Waals surface area contributed by atoms with Gasteiger partial charge in [-0.2, -0.15) is 0 Å². The molecule has 2 rings (SSSR count). The van der Waals surface area contributed by atoms with E-state index in [1.54, 1.807) is 18.3 Å². The molecule has 2 aromatic heterocycles. The van der Waals surface area contributed by atoms with Gasteiger partial charge in [0.25, 0.3) is 11.8 Å². The van der Waals surface area contributed by atoms with Crippen LogP contribution in [0.5, 0.6) is 0 Å². The van der Waals surface area contributed by atoms with Crippen LogP contribution in [-0.4, -0.2) is 26.9 Å². The quantitative estimate of drug-likeness (QED) is 0.432. The van der Waals surface area contributed by atoms with Crippen LogP contribution in [-0.2, 0) is 0 Å². The van der Waals surface area contributed by atoms with E-state index in [0.29, 0.717) is 11.1 Å². The maximum Gasteiger partial charge on any atom is 0.271 e. The highest BCUT2D eigenvalue weighted by Crippen LogP contribution is 2.04. The predicted octanol–water partition coefficient (Wildman–Crippen LogP) is 1.08. The lowest BCUT2D eigenvalue weighted by Crippen LogP contribution is -2.48. The number of aromatic nitrogens is 2. The minimum Gasteiger partial charge on any atom is -0.298 e. The Hall–Kier alpha value is -2.58. The number of pyridine rings is 2. The summed E-state index contributed by atoms with van der Waals surface area (Å²) < 4.78 is 0. The highest BCUT2D eigenvalue weighted by atomic mass is 35.5. The second kappa shape index (κ2) is 7.43. The molecular formula is C13H10ClN5O2S. The lowest BCUT2D eigenvalue weighted by Gasteiger charge is -2.10. The Morgan fingerprint density at radius 3 is 2.45 bits per heavy atom. The number of hydrazine groups is 1. The third-order valence-electron chi connectivity index (χ3n) is 2.43. The molecule has 0 fully saturated rings. The molecule has 0 aliphatic rings. The normalized spacial score (nSPS) is 9.68. The first-order valence-electron chi connectivity index (χ1n) is 5.99. The standard InChI is InChI=1S/C13H10ClN5O2S/c14-10-4-3-9(7-16-10)12(21)18-19-13(22)17-11(20)8-2-1-5-15-6-8/h1-7H,(H,18,21)(H2,17,19,20,22). The SMILES string of the molecule is O=C(NNC(=S)NC(=O)c1cccnc1)c1ccc(Cl)nc1. The first-order valence-corrected chi connectivity index (χ1v) is 6.78. The van der Waals surface area contributed by atoms with E-state index in [1.165, 1.54) is 24.5 Å². The molecule has 2 heterocycles. The summed E-state index contributed by atoms with van der Waals surface area (Å²) in [5.74, 6) is -0.907. The molecule has 2 aromatic rings. The Morgan fingerprint density at radius 2 is 1.82 bits per heavy atom. The molecule has 9 heteroatoms. The van der Waals surface area contributed by atoms with E-state index in [2.05, 4.69) is 26.1 Å². The van der Waals surface area contributed by atoms with Gasteiger partial charge in [-0.3, -0.25) is 30.7 Å². The number of carbonyl (C=O) groups excluding carboxylic acids is 2. The van der Waals surface area contributed by atoms with Crippen LogP contribution in [0.1, 0.15) is 20.7 Å². The van der Waals surface area contributed by atoms with E-state index < -0.39 is 11.8 Å². The largest absolute Gasteiger partial charge is 0.298 e. The summed E-state index contributed by atoms with van der Waals surface area (Å²) in [4.78, 5) is 31.2. The summed E-state index contributed by atoms with van der Waals surface area (Å²) in [5, 5.41) is 2.63. The minimum absolute atomic E-state index is 0.0517. The van der Waals surface area contributed by atoms with Crippen LogP contribution in [0, 0.1) is 0 Å². The molecule has 22 heavy (non-hydrogen) atoms. The monoisotopic (exact) mass is 335 g/mol. The van der Waals surface area contributed by atoms with E-state index in [4.69, 9.17) is 23.8 Å². The average Bonchev–Trinajstić information content (AvgIpc) is 2.54. The van der Waals surface area contributed by atoms with Gasteiger partial charge >= 0.3 is 0 Å². The smallest absolute Gasteiger partial charge is 0.271 e. The van der Waals surface area contributed by atoms with Crippen LogP contribution in [0.4, 0.5) is 0 Å². The lowest BCUT2D eigenvalue weighted by molar-refractivity contribution is 0.0934. The highest BCUT2D eigenvalue weighted by Gasteiger charge is 2.09. The van der Waals surface area contributed by atoms with Gasteiger partial charge in [0.2, 0.25) is 0 Å². The molecule has 112 valence electrons. The molecule has 0 saturated heterocycles. The number of nitrogens with one attached hydrogen (secondary N) is 3. The Morgan fingerprint density at radius 1 is 1.05 bits per heavy atom. The van der Waals surface area contributed by atoms with Gasteiger partial charge in [0.05, 0.1) is 11.1 Å². The molecule has 0 bridgehead atoms. The lowest BCUT2D eigenvalue weighted by atomic mass is 10.3. The molecule has 0 aromatic carbocycles. The van der Waals surface area contributed by atoms with Crippen LogP contribution >= 0.6 is 23.8 Å². The van der Waals surface area contributed by atoms with Gasteiger partial charge in [-0.25, -0.2) is 4.98 Å². The Kier molecular flexibility index (Phi) is 5.34. The minimum atomic E-state index is -0.470. The number of halogens is 1. The highest BCUT2D eigenvalue weighted by molar-refractivity contribution is 7.80. The van der Waals surface area contributed by atoms with Crippen LogP contribution in [0.2, 0.25) is 5.15 Å². The molecule has 2 amide bonds.